The largest absolute Gasteiger partial charge is 0.495 e. The minimum Gasteiger partial charge on any atom is -0.495 e. The van der Waals surface area contributed by atoms with E-state index in [1.54, 1.807) is 27.0 Å². The van der Waals surface area contributed by atoms with Gasteiger partial charge in [0.2, 0.25) is 11.8 Å². The van der Waals surface area contributed by atoms with Gasteiger partial charge >= 0.3 is 0 Å². The van der Waals surface area contributed by atoms with Crippen LogP contribution >= 0.6 is 0 Å². The number of ether oxygens (including phenoxy) is 1. The Bertz CT molecular complexity index is 637. The van der Waals surface area contributed by atoms with E-state index in [9.17, 15) is 4.79 Å². The van der Waals surface area contributed by atoms with E-state index in [4.69, 9.17) is 9.26 Å². The van der Waals surface area contributed by atoms with Gasteiger partial charge in [-0.1, -0.05) is 11.2 Å². The molecule has 2 N–H and O–H groups in total. The van der Waals surface area contributed by atoms with Crippen LogP contribution in [-0.4, -0.2) is 24.2 Å². The first-order chi connectivity index (χ1) is 9.99. The summed E-state index contributed by atoms with van der Waals surface area (Å²) in [6.45, 7) is 5.53. The van der Waals surface area contributed by atoms with Gasteiger partial charge in [-0.15, -0.1) is 0 Å². The van der Waals surface area contributed by atoms with Gasteiger partial charge in [-0.25, -0.2) is 0 Å². The molecule has 0 aliphatic rings. The Labute approximate surface area is 123 Å². The monoisotopic (exact) mass is 289 g/mol. The Morgan fingerprint density at radius 2 is 2.10 bits per heavy atom. The SMILES string of the molecule is COc1ccc(C)cc1N[C@@H](C)C(=O)Nc1cc(C)no1. The van der Waals surface area contributed by atoms with E-state index in [1.165, 1.54) is 0 Å². The molecule has 0 aliphatic heterocycles. The fraction of sp³-hybridized carbons (Fsp3) is 0.333. The van der Waals surface area contributed by atoms with Gasteiger partial charge in [0, 0.05) is 6.07 Å². The van der Waals surface area contributed by atoms with Crippen LogP contribution in [0.3, 0.4) is 0 Å². The number of carbonyl (C=O) groups excluding carboxylic acids is 1. The zero-order valence-electron chi connectivity index (χ0n) is 12.6. The fourth-order valence-corrected chi connectivity index (χ4v) is 1.89. The molecule has 0 aliphatic carbocycles. The van der Waals surface area contributed by atoms with Crippen LogP contribution in [0.2, 0.25) is 0 Å². The molecule has 0 saturated carbocycles. The van der Waals surface area contributed by atoms with Gasteiger partial charge < -0.3 is 14.6 Å². The van der Waals surface area contributed by atoms with E-state index in [1.807, 2.05) is 25.1 Å². The fourth-order valence-electron chi connectivity index (χ4n) is 1.89. The second-order valence-corrected chi connectivity index (χ2v) is 4.89. The number of rotatable bonds is 5. The summed E-state index contributed by atoms with van der Waals surface area (Å²) in [6.07, 6.45) is 0. The van der Waals surface area contributed by atoms with Crippen LogP contribution in [0.1, 0.15) is 18.2 Å². The molecule has 2 aromatic rings. The molecule has 112 valence electrons. The van der Waals surface area contributed by atoms with Gasteiger partial charge in [-0.05, 0) is 38.5 Å². The highest BCUT2D eigenvalue weighted by Gasteiger charge is 2.16. The molecule has 1 atom stereocenters. The standard InChI is InChI=1S/C15H19N3O3/c1-9-5-6-13(20-4)12(7-9)16-11(3)15(19)17-14-8-10(2)18-21-14/h5-8,11,16H,1-4H3,(H,17,19)/t11-/m0/s1. The Morgan fingerprint density at radius 3 is 2.71 bits per heavy atom. The topological polar surface area (TPSA) is 76.4 Å². The van der Waals surface area contributed by atoms with Gasteiger partial charge in [-0.3, -0.25) is 10.1 Å². The van der Waals surface area contributed by atoms with Crippen molar-refractivity contribution in [2.75, 3.05) is 17.7 Å². The lowest BCUT2D eigenvalue weighted by Crippen LogP contribution is -2.31. The number of nitrogens with zero attached hydrogens (tertiary/aromatic N) is 1. The molecule has 0 unspecified atom stereocenters. The first-order valence-electron chi connectivity index (χ1n) is 6.65. The predicted octanol–water partition coefficient (Wildman–Crippen LogP) is 2.74. The summed E-state index contributed by atoms with van der Waals surface area (Å²) in [6, 6.07) is 6.96. The van der Waals surface area contributed by atoms with Crippen molar-refractivity contribution in [1.29, 1.82) is 0 Å². The van der Waals surface area contributed by atoms with E-state index < -0.39 is 6.04 Å². The smallest absolute Gasteiger partial charge is 0.248 e. The number of nitrogens with one attached hydrogen (secondary N) is 2. The lowest BCUT2D eigenvalue weighted by atomic mass is 10.2. The summed E-state index contributed by atoms with van der Waals surface area (Å²) in [5, 5.41) is 9.52. The molecule has 1 amide bonds. The van der Waals surface area contributed by atoms with Crippen LogP contribution in [0.25, 0.3) is 0 Å². The van der Waals surface area contributed by atoms with Crippen LogP contribution in [0.4, 0.5) is 11.6 Å². The molecule has 6 nitrogen and oxygen atoms in total. The van der Waals surface area contributed by atoms with E-state index in [0.29, 0.717) is 17.3 Å². The quantitative estimate of drug-likeness (QED) is 0.885. The number of hydrogen-bond donors (Lipinski definition) is 2. The van der Waals surface area contributed by atoms with Crippen molar-refractivity contribution in [2.45, 2.75) is 26.8 Å². The van der Waals surface area contributed by atoms with Crippen molar-refractivity contribution in [3.05, 3.63) is 35.5 Å². The third-order valence-electron chi connectivity index (χ3n) is 2.99. The van der Waals surface area contributed by atoms with Crippen molar-refractivity contribution in [1.82, 2.24) is 5.16 Å². The maximum Gasteiger partial charge on any atom is 0.248 e. The Kier molecular flexibility index (Phi) is 4.47. The normalized spacial score (nSPS) is 11.8. The van der Waals surface area contributed by atoms with Crippen LogP contribution in [-0.2, 0) is 4.79 Å². The minimum atomic E-state index is -0.453. The van der Waals surface area contributed by atoms with E-state index in [-0.39, 0.29) is 5.91 Å². The highest BCUT2D eigenvalue weighted by molar-refractivity contribution is 5.95. The highest BCUT2D eigenvalue weighted by Crippen LogP contribution is 2.26. The first kappa shape index (κ1) is 14.9. The molecular weight excluding hydrogens is 270 g/mol. The highest BCUT2D eigenvalue weighted by atomic mass is 16.5. The zero-order valence-corrected chi connectivity index (χ0v) is 12.6. The summed E-state index contributed by atoms with van der Waals surface area (Å²) in [5.41, 5.74) is 2.57. The van der Waals surface area contributed by atoms with E-state index in [0.717, 1.165) is 11.3 Å². The summed E-state index contributed by atoms with van der Waals surface area (Å²) < 4.78 is 10.2. The van der Waals surface area contributed by atoms with Gasteiger partial charge in [-0.2, -0.15) is 0 Å². The maximum absolute atomic E-state index is 12.1. The third kappa shape index (κ3) is 3.75. The van der Waals surface area contributed by atoms with Crippen LogP contribution < -0.4 is 15.4 Å². The maximum atomic E-state index is 12.1. The zero-order chi connectivity index (χ0) is 15.4. The second kappa shape index (κ2) is 6.30. The number of aryl methyl sites for hydroxylation is 2. The number of benzene rings is 1. The molecule has 1 heterocycles. The molecule has 2 rings (SSSR count). The van der Waals surface area contributed by atoms with Crippen molar-refractivity contribution in [2.24, 2.45) is 0 Å². The molecular formula is C15H19N3O3. The molecule has 1 aromatic heterocycles. The third-order valence-corrected chi connectivity index (χ3v) is 2.99. The molecule has 0 radical (unpaired) electrons. The number of aromatic nitrogens is 1. The van der Waals surface area contributed by atoms with Crippen LogP contribution in [0.5, 0.6) is 5.75 Å². The number of hydrogen-bond acceptors (Lipinski definition) is 5. The molecule has 0 bridgehead atoms. The molecule has 0 fully saturated rings. The molecule has 0 spiro atoms. The summed E-state index contributed by atoms with van der Waals surface area (Å²) >= 11 is 0. The minimum absolute atomic E-state index is 0.213. The first-order valence-corrected chi connectivity index (χ1v) is 6.65. The summed E-state index contributed by atoms with van der Waals surface area (Å²) in [4.78, 5) is 12.1. The van der Waals surface area contributed by atoms with Crippen molar-refractivity contribution in [3.63, 3.8) is 0 Å². The lowest BCUT2D eigenvalue weighted by Gasteiger charge is -2.17. The van der Waals surface area contributed by atoms with E-state index in [2.05, 4.69) is 15.8 Å². The Balaban J connectivity index is 2.05. The molecule has 6 heteroatoms. The second-order valence-electron chi connectivity index (χ2n) is 4.89. The van der Waals surface area contributed by atoms with Crippen molar-refractivity contribution < 1.29 is 14.1 Å². The van der Waals surface area contributed by atoms with Gasteiger partial charge in [0.1, 0.15) is 11.8 Å². The van der Waals surface area contributed by atoms with Gasteiger partial charge in [0.15, 0.2) is 0 Å². The average molecular weight is 289 g/mol. The molecule has 21 heavy (non-hydrogen) atoms. The van der Waals surface area contributed by atoms with Crippen LogP contribution in [0, 0.1) is 13.8 Å². The summed E-state index contributed by atoms with van der Waals surface area (Å²) in [5.74, 6) is 0.813. The van der Waals surface area contributed by atoms with Crippen molar-refractivity contribution >= 4 is 17.5 Å². The predicted molar refractivity (Wildman–Crippen MR) is 80.7 cm³/mol. The Hall–Kier alpha value is -2.50. The Morgan fingerprint density at radius 1 is 1.33 bits per heavy atom. The van der Waals surface area contributed by atoms with E-state index >= 15 is 0 Å². The molecule has 0 saturated heterocycles. The number of carbonyl (C=O) groups is 1. The lowest BCUT2D eigenvalue weighted by molar-refractivity contribution is -0.116. The number of amides is 1. The summed E-state index contributed by atoms with van der Waals surface area (Å²) in [7, 11) is 1.60. The number of anilines is 2. The van der Waals surface area contributed by atoms with Crippen molar-refractivity contribution in [3.8, 4) is 5.75 Å². The molecule has 1 aromatic carbocycles. The van der Waals surface area contributed by atoms with Gasteiger partial charge in [0.25, 0.3) is 0 Å². The van der Waals surface area contributed by atoms with Crippen LogP contribution in [0.15, 0.2) is 28.8 Å². The average Bonchev–Trinajstić information content (AvgIpc) is 2.84. The number of methoxy groups -OCH3 is 1. The van der Waals surface area contributed by atoms with Gasteiger partial charge in [0.05, 0.1) is 18.5 Å².